The van der Waals surface area contributed by atoms with Gasteiger partial charge in [-0.1, -0.05) is 0 Å². The Hall–Kier alpha value is -2.24. The lowest BCUT2D eigenvalue weighted by Gasteiger charge is -2.24. The van der Waals surface area contributed by atoms with Gasteiger partial charge in [-0.15, -0.1) is 0 Å². The van der Waals surface area contributed by atoms with Gasteiger partial charge in [0.15, 0.2) is 0 Å². The summed E-state index contributed by atoms with van der Waals surface area (Å²) in [4.78, 5) is 28.5. The number of amides is 3. The van der Waals surface area contributed by atoms with Crippen molar-refractivity contribution >= 4 is 17.6 Å². The van der Waals surface area contributed by atoms with Crippen LogP contribution in [0.1, 0.15) is 25.7 Å². The maximum Gasteiger partial charge on any atom is 0.317 e. The monoisotopic (exact) mass is 329 g/mol. The predicted molar refractivity (Wildman–Crippen MR) is 90.1 cm³/mol. The van der Waals surface area contributed by atoms with Gasteiger partial charge in [0, 0.05) is 43.2 Å². The van der Waals surface area contributed by atoms with Crippen LogP contribution in [0.3, 0.4) is 0 Å². The standard InChI is InChI=1S/C18H23N3O3/c1-24-15-6-4-14(5-7-15)21-12-18(10-16(21)22)8-9-20(11-18)17(23)19-13-2-3-13/h4-7,13H,2-3,8-12H2,1H3,(H,19,23)/t18-/m1/s1. The first-order valence-electron chi connectivity index (χ1n) is 8.58. The van der Waals surface area contributed by atoms with E-state index in [1.165, 1.54) is 0 Å². The third-order valence-electron chi connectivity index (χ3n) is 5.34. The minimum absolute atomic E-state index is 0.0321. The molecule has 1 spiro atoms. The topological polar surface area (TPSA) is 61.9 Å². The largest absolute Gasteiger partial charge is 0.497 e. The number of anilines is 1. The molecule has 24 heavy (non-hydrogen) atoms. The summed E-state index contributed by atoms with van der Waals surface area (Å²) in [7, 11) is 1.63. The van der Waals surface area contributed by atoms with Crippen molar-refractivity contribution in [2.24, 2.45) is 5.41 Å². The summed E-state index contributed by atoms with van der Waals surface area (Å²) in [6, 6.07) is 7.99. The van der Waals surface area contributed by atoms with Gasteiger partial charge in [0.2, 0.25) is 5.91 Å². The number of hydrogen-bond acceptors (Lipinski definition) is 3. The van der Waals surface area contributed by atoms with Gasteiger partial charge in [-0.25, -0.2) is 4.79 Å². The van der Waals surface area contributed by atoms with Gasteiger partial charge in [0.05, 0.1) is 7.11 Å². The molecule has 1 aromatic carbocycles. The molecule has 1 aromatic rings. The lowest BCUT2D eigenvalue weighted by Crippen LogP contribution is -2.41. The van der Waals surface area contributed by atoms with Gasteiger partial charge in [0.1, 0.15) is 5.75 Å². The van der Waals surface area contributed by atoms with Crippen LogP contribution in [0.5, 0.6) is 5.75 Å². The van der Waals surface area contributed by atoms with E-state index < -0.39 is 0 Å². The first-order chi connectivity index (χ1) is 11.6. The van der Waals surface area contributed by atoms with Crippen LogP contribution in [0.2, 0.25) is 0 Å². The summed E-state index contributed by atoms with van der Waals surface area (Å²) < 4.78 is 5.17. The minimum Gasteiger partial charge on any atom is -0.497 e. The first-order valence-corrected chi connectivity index (χ1v) is 8.58. The quantitative estimate of drug-likeness (QED) is 0.922. The second kappa shape index (κ2) is 5.69. The second-order valence-corrected chi connectivity index (χ2v) is 7.25. The molecule has 0 unspecified atom stereocenters. The van der Waals surface area contributed by atoms with E-state index >= 15 is 0 Å². The van der Waals surface area contributed by atoms with Crippen LogP contribution in [0, 0.1) is 5.41 Å². The van der Waals surface area contributed by atoms with Crippen molar-refractivity contribution in [2.45, 2.75) is 31.7 Å². The lowest BCUT2D eigenvalue weighted by molar-refractivity contribution is -0.117. The van der Waals surface area contributed by atoms with Crippen molar-refractivity contribution in [1.82, 2.24) is 10.2 Å². The average Bonchev–Trinajstić information content (AvgIpc) is 3.21. The van der Waals surface area contributed by atoms with Gasteiger partial charge in [0.25, 0.3) is 0 Å². The molecule has 0 aromatic heterocycles. The Balaban J connectivity index is 1.44. The summed E-state index contributed by atoms with van der Waals surface area (Å²) in [6.07, 6.45) is 3.60. The normalized spacial score (nSPS) is 26.3. The number of benzene rings is 1. The molecular formula is C18H23N3O3. The summed E-state index contributed by atoms with van der Waals surface area (Å²) in [5.41, 5.74) is 0.802. The van der Waals surface area contributed by atoms with Crippen LogP contribution >= 0.6 is 0 Å². The molecule has 6 heteroatoms. The Labute approximate surface area is 141 Å². The highest BCUT2D eigenvalue weighted by Crippen LogP contribution is 2.42. The fourth-order valence-corrected chi connectivity index (χ4v) is 3.77. The summed E-state index contributed by atoms with van der Waals surface area (Å²) in [5, 5.41) is 3.04. The molecule has 4 rings (SSSR count). The highest BCUT2D eigenvalue weighted by Gasteiger charge is 2.49. The smallest absolute Gasteiger partial charge is 0.317 e. The Bertz CT molecular complexity index is 656. The third-order valence-corrected chi connectivity index (χ3v) is 5.34. The molecule has 2 aliphatic heterocycles. The zero-order valence-electron chi connectivity index (χ0n) is 14.0. The van der Waals surface area contributed by atoms with Gasteiger partial charge in [-0.2, -0.15) is 0 Å². The van der Waals surface area contributed by atoms with Crippen molar-refractivity contribution in [3.8, 4) is 5.75 Å². The minimum atomic E-state index is -0.0993. The number of urea groups is 1. The molecule has 0 bridgehead atoms. The Morgan fingerprint density at radius 2 is 2.00 bits per heavy atom. The Morgan fingerprint density at radius 1 is 1.25 bits per heavy atom. The second-order valence-electron chi connectivity index (χ2n) is 7.25. The van der Waals surface area contributed by atoms with Crippen LogP contribution in [-0.4, -0.2) is 49.6 Å². The van der Waals surface area contributed by atoms with E-state index in [1.807, 2.05) is 34.1 Å². The fraction of sp³-hybridized carbons (Fsp3) is 0.556. The zero-order chi connectivity index (χ0) is 16.7. The number of carbonyl (C=O) groups is 2. The maximum atomic E-state index is 12.5. The van der Waals surface area contributed by atoms with E-state index in [2.05, 4.69) is 5.32 Å². The van der Waals surface area contributed by atoms with Crippen LogP contribution in [0.15, 0.2) is 24.3 Å². The van der Waals surface area contributed by atoms with Crippen molar-refractivity contribution in [1.29, 1.82) is 0 Å². The molecule has 6 nitrogen and oxygen atoms in total. The van der Waals surface area contributed by atoms with E-state index in [1.54, 1.807) is 7.11 Å². The molecule has 2 saturated heterocycles. The maximum absolute atomic E-state index is 12.5. The highest BCUT2D eigenvalue weighted by molar-refractivity contribution is 5.96. The van der Waals surface area contributed by atoms with Crippen LogP contribution in [-0.2, 0) is 4.79 Å². The number of likely N-dealkylation sites (tertiary alicyclic amines) is 1. The van der Waals surface area contributed by atoms with E-state index in [0.29, 0.717) is 25.6 Å². The van der Waals surface area contributed by atoms with Gasteiger partial charge in [-0.05, 0) is 43.5 Å². The van der Waals surface area contributed by atoms with Crippen LogP contribution in [0.25, 0.3) is 0 Å². The number of carbonyl (C=O) groups excluding carboxylic acids is 2. The number of ether oxygens (including phenoxy) is 1. The number of hydrogen-bond donors (Lipinski definition) is 1. The molecule has 1 N–H and O–H groups in total. The van der Waals surface area contributed by atoms with Gasteiger partial charge in [-0.3, -0.25) is 4.79 Å². The van der Waals surface area contributed by atoms with Crippen molar-refractivity contribution < 1.29 is 14.3 Å². The Kier molecular flexibility index (Phi) is 3.62. The number of methoxy groups -OCH3 is 1. The van der Waals surface area contributed by atoms with E-state index in [-0.39, 0.29) is 17.4 Å². The van der Waals surface area contributed by atoms with E-state index in [9.17, 15) is 9.59 Å². The summed E-state index contributed by atoms with van der Waals surface area (Å²) >= 11 is 0. The van der Waals surface area contributed by atoms with Gasteiger partial charge < -0.3 is 19.9 Å². The van der Waals surface area contributed by atoms with Crippen molar-refractivity contribution in [3.05, 3.63) is 24.3 Å². The van der Waals surface area contributed by atoms with Crippen LogP contribution in [0.4, 0.5) is 10.5 Å². The fourth-order valence-electron chi connectivity index (χ4n) is 3.77. The number of nitrogens with one attached hydrogen (secondary N) is 1. The van der Waals surface area contributed by atoms with Gasteiger partial charge >= 0.3 is 6.03 Å². The molecule has 128 valence electrons. The van der Waals surface area contributed by atoms with E-state index in [4.69, 9.17) is 4.74 Å². The predicted octanol–water partition coefficient (Wildman–Crippen LogP) is 2.00. The highest BCUT2D eigenvalue weighted by atomic mass is 16.5. The molecule has 1 atom stereocenters. The Morgan fingerprint density at radius 3 is 2.67 bits per heavy atom. The first kappa shape index (κ1) is 15.3. The van der Waals surface area contributed by atoms with E-state index in [0.717, 1.165) is 37.2 Å². The average molecular weight is 329 g/mol. The molecule has 1 saturated carbocycles. The SMILES string of the molecule is COc1ccc(N2C[C@]3(CCN(C(=O)NC4CC4)C3)CC2=O)cc1. The van der Waals surface area contributed by atoms with Crippen molar-refractivity contribution in [2.75, 3.05) is 31.6 Å². The molecule has 2 heterocycles. The number of rotatable bonds is 3. The third kappa shape index (κ3) is 2.81. The molecule has 3 fully saturated rings. The molecule has 3 aliphatic rings. The molecular weight excluding hydrogens is 306 g/mol. The molecule has 0 radical (unpaired) electrons. The lowest BCUT2D eigenvalue weighted by atomic mass is 9.86. The summed E-state index contributed by atoms with van der Waals surface area (Å²) in [6.45, 7) is 2.09. The molecule has 3 amide bonds. The van der Waals surface area contributed by atoms with Crippen molar-refractivity contribution in [3.63, 3.8) is 0 Å². The summed E-state index contributed by atoms with van der Waals surface area (Å²) in [5.74, 6) is 0.925. The van der Waals surface area contributed by atoms with Crippen LogP contribution < -0.4 is 15.0 Å². The molecule has 1 aliphatic carbocycles. The zero-order valence-corrected chi connectivity index (χ0v) is 14.0. The number of nitrogens with zero attached hydrogens (tertiary/aromatic N) is 2.